The quantitative estimate of drug-likeness (QED) is 0.716. The molecule has 0 atom stereocenters. The van der Waals surface area contributed by atoms with Crippen molar-refractivity contribution in [2.75, 3.05) is 0 Å². The first-order chi connectivity index (χ1) is 8.78. The molecule has 1 aromatic carbocycles. The van der Waals surface area contributed by atoms with Gasteiger partial charge in [-0.3, -0.25) is 9.59 Å². The number of aldehydes is 1. The number of carbonyl (C=O) groups is 1. The maximum atomic E-state index is 11.9. The summed E-state index contributed by atoms with van der Waals surface area (Å²) in [5.74, 6) is 0.521. The number of H-pyrrole nitrogens is 1. The molecule has 0 unspecified atom stereocenters. The van der Waals surface area contributed by atoms with Crippen LogP contribution < -0.4 is 5.56 Å². The second-order valence-corrected chi connectivity index (χ2v) is 4.83. The molecular formula is C13H8N2O2S. The molecule has 0 fully saturated rings. The van der Waals surface area contributed by atoms with Gasteiger partial charge in [-0.1, -0.05) is 30.3 Å². The molecule has 4 nitrogen and oxygen atoms in total. The molecule has 0 aliphatic carbocycles. The average molecular weight is 256 g/mol. The number of fused-ring (bicyclic) bond motifs is 1. The van der Waals surface area contributed by atoms with Gasteiger partial charge in [0.1, 0.15) is 10.7 Å². The van der Waals surface area contributed by atoms with E-state index in [4.69, 9.17) is 0 Å². The van der Waals surface area contributed by atoms with E-state index in [9.17, 15) is 9.59 Å². The zero-order valence-electron chi connectivity index (χ0n) is 9.21. The summed E-state index contributed by atoms with van der Waals surface area (Å²) in [4.78, 5) is 30.8. The molecule has 0 radical (unpaired) electrons. The van der Waals surface area contributed by atoms with Gasteiger partial charge in [0.15, 0.2) is 6.29 Å². The molecule has 0 aliphatic heterocycles. The third kappa shape index (κ3) is 1.74. The van der Waals surface area contributed by atoms with Crippen LogP contribution in [0.4, 0.5) is 0 Å². The molecule has 0 amide bonds. The molecule has 0 bridgehead atoms. The Bertz CT molecular complexity index is 775. The molecule has 0 spiro atoms. The van der Waals surface area contributed by atoms with Gasteiger partial charge in [-0.05, 0) is 6.07 Å². The highest BCUT2D eigenvalue weighted by Crippen LogP contribution is 2.22. The van der Waals surface area contributed by atoms with Crippen LogP contribution in [-0.2, 0) is 0 Å². The first-order valence-corrected chi connectivity index (χ1v) is 6.14. The fraction of sp³-hybridized carbons (Fsp3) is 0. The van der Waals surface area contributed by atoms with E-state index in [2.05, 4.69) is 9.97 Å². The molecule has 18 heavy (non-hydrogen) atoms. The Labute approximate surface area is 106 Å². The van der Waals surface area contributed by atoms with Crippen molar-refractivity contribution in [3.63, 3.8) is 0 Å². The number of hydrogen-bond donors (Lipinski definition) is 1. The fourth-order valence-corrected chi connectivity index (χ4v) is 2.59. The van der Waals surface area contributed by atoms with Crippen LogP contribution in [-0.4, -0.2) is 16.3 Å². The smallest absolute Gasteiger partial charge is 0.259 e. The van der Waals surface area contributed by atoms with E-state index in [-0.39, 0.29) is 5.56 Å². The Morgan fingerprint density at radius 3 is 2.72 bits per heavy atom. The minimum absolute atomic E-state index is 0.219. The number of nitrogens with one attached hydrogen (secondary N) is 1. The second kappa shape index (κ2) is 4.19. The normalized spacial score (nSPS) is 10.7. The lowest BCUT2D eigenvalue weighted by atomic mass is 10.2. The first-order valence-electron chi connectivity index (χ1n) is 5.32. The highest BCUT2D eigenvalue weighted by atomic mass is 32.1. The first kappa shape index (κ1) is 10.9. The molecule has 0 saturated heterocycles. The van der Waals surface area contributed by atoms with Gasteiger partial charge in [0.05, 0.1) is 10.3 Å². The summed E-state index contributed by atoms with van der Waals surface area (Å²) in [6, 6.07) is 11.0. The van der Waals surface area contributed by atoms with Crippen molar-refractivity contribution in [2.45, 2.75) is 0 Å². The maximum absolute atomic E-state index is 11.9. The van der Waals surface area contributed by atoms with Gasteiger partial charge < -0.3 is 4.98 Å². The monoisotopic (exact) mass is 256 g/mol. The molecule has 1 N–H and O–H groups in total. The number of rotatable bonds is 2. The lowest BCUT2D eigenvalue weighted by Gasteiger charge is -1.99. The summed E-state index contributed by atoms with van der Waals surface area (Å²) >= 11 is 1.22. The van der Waals surface area contributed by atoms with E-state index in [0.29, 0.717) is 20.9 Å². The molecule has 0 saturated carbocycles. The van der Waals surface area contributed by atoms with Crippen molar-refractivity contribution in [3.8, 4) is 11.4 Å². The van der Waals surface area contributed by atoms with E-state index in [1.165, 1.54) is 11.3 Å². The summed E-state index contributed by atoms with van der Waals surface area (Å²) < 4.78 is 0. The van der Waals surface area contributed by atoms with E-state index < -0.39 is 0 Å². The van der Waals surface area contributed by atoms with Gasteiger partial charge in [-0.2, -0.15) is 0 Å². The molecule has 5 heteroatoms. The van der Waals surface area contributed by atoms with Gasteiger partial charge in [0.25, 0.3) is 5.56 Å². The van der Waals surface area contributed by atoms with E-state index in [1.807, 2.05) is 30.3 Å². The van der Waals surface area contributed by atoms with Gasteiger partial charge in [-0.15, -0.1) is 11.3 Å². The predicted octanol–water partition coefficient (Wildman–Crippen LogP) is 2.46. The number of thiophene rings is 1. The minimum atomic E-state index is -0.219. The van der Waals surface area contributed by atoms with Crippen molar-refractivity contribution in [2.24, 2.45) is 0 Å². The SMILES string of the molecule is O=Cc1cc2c(=O)[nH]c(-c3ccccc3)nc2s1. The van der Waals surface area contributed by atoms with E-state index in [1.54, 1.807) is 6.07 Å². The summed E-state index contributed by atoms with van der Waals surface area (Å²) in [6.45, 7) is 0. The fourth-order valence-electron chi connectivity index (χ4n) is 1.74. The number of hydrogen-bond acceptors (Lipinski definition) is 4. The van der Waals surface area contributed by atoms with Crippen LogP contribution >= 0.6 is 11.3 Å². The van der Waals surface area contributed by atoms with Gasteiger partial charge >= 0.3 is 0 Å². The van der Waals surface area contributed by atoms with Crippen LogP contribution in [0.25, 0.3) is 21.6 Å². The largest absolute Gasteiger partial charge is 0.306 e. The Kier molecular flexibility index (Phi) is 2.53. The van der Waals surface area contributed by atoms with E-state index in [0.717, 1.165) is 11.8 Å². The van der Waals surface area contributed by atoms with Crippen molar-refractivity contribution in [1.29, 1.82) is 0 Å². The Morgan fingerprint density at radius 2 is 2.00 bits per heavy atom. The topological polar surface area (TPSA) is 62.8 Å². The molecule has 2 heterocycles. The van der Waals surface area contributed by atoms with Crippen molar-refractivity contribution < 1.29 is 4.79 Å². The highest BCUT2D eigenvalue weighted by molar-refractivity contribution is 7.20. The maximum Gasteiger partial charge on any atom is 0.259 e. The van der Waals surface area contributed by atoms with Gasteiger partial charge in [-0.25, -0.2) is 4.98 Å². The van der Waals surface area contributed by atoms with Crippen LogP contribution in [0.2, 0.25) is 0 Å². The van der Waals surface area contributed by atoms with Gasteiger partial charge in [0, 0.05) is 5.56 Å². The van der Waals surface area contributed by atoms with Crippen molar-refractivity contribution in [3.05, 3.63) is 51.6 Å². The Hall–Kier alpha value is -2.27. The third-order valence-electron chi connectivity index (χ3n) is 2.58. The molecule has 0 aliphatic rings. The number of carbonyl (C=O) groups excluding carboxylic acids is 1. The predicted molar refractivity (Wildman–Crippen MR) is 71.1 cm³/mol. The average Bonchev–Trinajstić information content (AvgIpc) is 2.83. The van der Waals surface area contributed by atoms with Crippen LogP contribution in [0.1, 0.15) is 9.67 Å². The zero-order chi connectivity index (χ0) is 12.5. The molecule has 2 aromatic heterocycles. The minimum Gasteiger partial charge on any atom is -0.306 e. The van der Waals surface area contributed by atoms with Crippen molar-refractivity contribution in [1.82, 2.24) is 9.97 Å². The number of nitrogens with zero attached hydrogens (tertiary/aromatic N) is 1. The Morgan fingerprint density at radius 1 is 1.22 bits per heavy atom. The second-order valence-electron chi connectivity index (χ2n) is 3.77. The lowest BCUT2D eigenvalue weighted by Crippen LogP contribution is -2.07. The molecule has 3 aromatic rings. The summed E-state index contributed by atoms with van der Waals surface area (Å²) in [6.07, 6.45) is 0.730. The Balaban J connectivity index is 2.27. The van der Waals surface area contributed by atoms with Crippen LogP contribution in [0.15, 0.2) is 41.2 Å². The van der Waals surface area contributed by atoms with Crippen LogP contribution in [0.5, 0.6) is 0 Å². The summed E-state index contributed by atoms with van der Waals surface area (Å²) in [7, 11) is 0. The molecule has 3 rings (SSSR count). The standard InChI is InChI=1S/C13H8N2O2S/c16-7-9-6-10-12(17)14-11(15-13(10)18-9)8-4-2-1-3-5-8/h1-7H,(H,14,15,17). The molecular weight excluding hydrogens is 248 g/mol. The van der Waals surface area contributed by atoms with Crippen LogP contribution in [0, 0.1) is 0 Å². The number of aromatic nitrogens is 2. The number of aromatic amines is 1. The summed E-state index contributed by atoms with van der Waals surface area (Å²) in [5.41, 5.74) is 0.626. The van der Waals surface area contributed by atoms with Crippen molar-refractivity contribution >= 4 is 27.8 Å². The summed E-state index contributed by atoms with van der Waals surface area (Å²) in [5, 5.41) is 0.460. The lowest BCUT2D eigenvalue weighted by molar-refractivity contribution is 0.112. The van der Waals surface area contributed by atoms with Crippen LogP contribution in [0.3, 0.4) is 0 Å². The zero-order valence-corrected chi connectivity index (χ0v) is 10.0. The molecule has 88 valence electrons. The highest BCUT2D eigenvalue weighted by Gasteiger charge is 2.09. The van der Waals surface area contributed by atoms with E-state index >= 15 is 0 Å². The van der Waals surface area contributed by atoms with Gasteiger partial charge in [0.2, 0.25) is 0 Å². The third-order valence-corrected chi connectivity index (χ3v) is 3.54. The number of benzene rings is 1.